The van der Waals surface area contributed by atoms with E-state index in [0.29, 0.717) is 22.2 Å². The third kappa shape index (κ3) is 5.75. The molecule has 0 spiro atoms. The van der Waals surface area contributed by atoms with Gasteiger partial charge in [-0.15, -0.1) is 10.2 Å². The Kier molecular flexibility index (Phi) is 7.22. The van der Waals surface area contributed by atoms with Crippen molar-refractivity contribution in [1.82, 2.24) is 30.0 Å². The molecule has 12 heteroatoms. The number of nitrogens with one attached hydrogen (secondary N) is 1. The second-order valence-electron chi connectivity index (χ2n) is 7.97. The van der Waals surface area contributed by atoms with Crippen LogP contribution in [0.3, 0.4) is 0 Å². The summed E-state index contributed by atoms with van der Waals surface area (Å²) in [6, 6.07) is 19.4. The van der Waals surface area contributed by atoms with Gasteiger partial charge in [0.2, 0.25) is 5.89 Å². The summed E-state index contributed by atoms with van der Waals surface area (Å²) < 4.78 is 47.3. The highest BCUT2D eigenvalue weighted by atomic mass is 32.2. The lowest BCUT2D eigenvalue weighted by Gasteiger charge is -2.13. The van der Waals surface area contributed by atoms with Crippen molar-refractivity contribution < 1.29 is 22.4 Å². The molecule has 0 aliphatic rings. The fraction of sp³-hybridized carbons (Fsp3) is 0.115. The number of hydrogen-bond donors (Lipinski definition) is 1. The molecule has 0 bridgehead atoms. The lowest BCUT2D eigenvalue weighted by Crippen LogP contribution is -2.23. The lowest BCUT2D eigenvalue weighted by molar-refractivity contribution is -0.137. The third-order valence-electron chi connectivity index (χ3n) is 5.36. The van der Waals surface area contributed by atoms with Crippen LogP contribution in [-0.4, -0.2) is 30.6 Å². The smallest absolute Gasteiger partial charge is 0.416 e. The number of rotatable bonds is 8. The second-order valence-corrected chi connectivity index (χ2v) is 8.92. The molecule has 3 heterocycles. The Hall–Kier alpha value is -4.45. The number of benzene rings is 2. The molecule has 8 nitrogen and oxygen atoms in total. The molecule has 0 atom stereocenters. The largest absolute Gasteiger partial charge is 0.447 e. The predicted octanol–water partition coefficient (Wildman–Crippen LogP) is 5.56. The van der Waals surface area contributed by atoms with Crippen molar-refractivity contribution in [2.45, 2.75) is 23.6 Å². The Labute approximate surface area is 219 Å². The van der Waals surface area contributed by atoms with Crippen molar-refractivity contribution in [3.8, 4) is 17.1 Å². The number of pyridine rings is 1. The standard InChI is InChI=1S/C26H19F3N6O2S/c27-26(28,29)18-9-6-11-20(13-18)35-23(17-7-2-1-3-8-17)33-34-25(35)38-16-22-32-21(15-37-22)24(36)31-14-19-10-4-5-12-30-19/h1-13,15H,14,16H2,(H,31,36). The van der Waals surface area contributed by atoms with Crippen LogP contribution >= 0.6 is 11.8 Å². The zero-order valence-corrected chi connectivity index (χ0v) is 20.4. The van der Waals surface area contributed by atoms with Gasteiger partial charge in [-0.3, -0.25) is 14.3 Å². The number of alkyl halides is 3. The van der Waals surface area contributed by atoms with Gasteiger partial charge in [0, 0.05) is 11.8 Å². The van der Waals surface area contributed by atoms with Gasteiger partial charge in [0.05, 0.1) is 29.2 Å². The van der Waals surface area contributed by atoms with E-state index in [2.05, 4.69) is 25.5 Å². The number of amides is 1. The van der Waals surface area contributed by atoms with Crippen molar-refractivity contribution in [1.29, 1.82) is 0 Å². The van der Waals surface area contributed by atoms with E-state index in [-0.39, 0.29) is 29.6 Å². The minimum absolute atomic E-state index is 0.0980. The van der Waals surface area contributed by atoms with Gasteiger partial charge in [0.15, 0.2) is 16.7 Å². The number of carbonyl (C=O) groups excluding carboxylic acids is 1. The van der Waals surface area contributed by atoms with Crippen molar-refractivity contribution >= 4 is 17.7 Å². The summed E-state index contributed by atoms with van der Waals surface area (Å²) >= 11 is 1.17. The first-order valence-electron chi connectivity index (χ1n) is 11.3. The number of carbonyl (C=O) groups is 1. The van der Waals surface area contributed by atoms with Gasteiger partial charge < -0.3 is 9.73 Å². The van der Waals surface area contributed by atoms with Gasteiger partial charge in [-0.05, 0) is 30.3 Å². The van der Waals surface area contributed by atoms with Crippen LogP contribution < -0.4 is 5.32 Å². The van der Waals surface area contributed by atoms with E-state index in [1.165, 1.54) is 24.1 Å². The minimum Gasteiger partial charge on any atom is -0.447 e. The summed E-state index contributed by atoms with van der Waals surface area (Å²) in [6.45, 7) is 0.235. The summed E-state index contributed by atoms with van der Waals surface area (Å²) in [5.74, 6) is 0.376. The SMILES string of the molecule is O=C(NCc1ccccn1)c1coc(CSc2nnc(-c3ccccc3)n2-c2cccc(C(F)(F)F)c2)n1. The average molecular weight is 537 g/mol. The van der Waals surface area contributed by atoms with Gasteiger partial charge in [-0.25, -0.2) is 4.98 Å². The fourth-order valence-electron chi connectivity index (χ4n) is 3.56. The Balaban J connectivity index is 1.36. The van der Waals surface area contributed by atoms with Crippen molar-refractivity contribution in [2.24, 2.45) is 0 Å². The molecule has 38 heavy (non-hydrogen) atoms. The molecule has 0 saturated heterocycles. The summed E-state index contributed by atoms with van der Waals surface area (Å²) in [4.78, 5) is 20.8. The fourth-order valence-corrected chi connectivity index (χ4v) is 4.37. The van der Waals surface area contributed by atoms with Gasteiger partial charge >= 0.3 is 6.18 Å². The molecule has 0 radical (unpaired) electrons. The van der Waals surface area contributed by atoms with Crippen molar-refractivity contribution in [3.05, 3.63) is 108 Å². The Bertz CT molecular complexity index is 1540. The quantitative estimate of drug-likeness (QED) is 0.259. The van der Waals surface area contributed by atoms with Crippen LogP contribution in [0.4, 0.5) is 13.2 Å². The van der Waals surface area contributed by atoms with Crippen LogP contribution in [0.2, 0.25) is 0 Å². The van der Waals surface area contributed by atoms with Crippen LogP contribution in [-0.2, 0) is 18.5 Å². The normalized spacial score (nSPS) is 11.4. The summed E-state index contributed by atoms with van der Waals surface area (Å²) in [7, 11) is 0. The molecule has 0 saturated carbocycles. The van der Waals surface area contributed by atoms with Crippen LogP contribution in [0.25, 0.3) is 17.1 Å². The van der Waals surface area contributed by atoms with E-state index in [4.69, 9.17) is 4.42 Å². The van der Waals surface area contributed by atoms with Crippen LogP contribution in [0.5, 0.6) is 0 Å². The molecule has 0 aliphatic heterocycles. The topological polar surface area (TPSA) is 98.7 Å². The maximum atomic E-state index is 13.4. The highest BCUT2D eigenvalue weighted by molar-refractivity contribution is 7.98. The van der Waals surface area contributed by atoms with E-state index in [1.54, 1.807) is 53.2 Å². The monoisotopic (exact) mass is 536 g/mol. The maximum absolute atomic E-state index is 13.4. The van der Waals surface area contributed by atoms with Crippen LogP contribution in [0.15, 0.2) is 94.8 Å². The molecule has 0 unspecified atom stereocenters. The first kappa shape index (κ1) is 25.2. The van der Waals surface area contributed by atoms with Crippen molar-refractivity contribution in [2.75, 3.05) is 0 Å². The summed E-state index contributed by atoms with van der Waals surface area (Å²) in [5.41, 5.74) is 0.956. The second kappa shape index (κ2) is 10.9. The van der Waals surface area contributed by atoms with E-state index >= 15 is 0 Å². The molecule has 0 aliphatic carbocycles. The Morgan fingerprint density at radius 3 is 2.58 bits per heavy atom. The number of halogens is 3. The van der Waals surface area contributed by atoms with Gasteiger partial charge in [0.25, 0.3) is 5.91 Å². The molecule has 2 aromatic carbocycles. The molecule has 5 rings (SSSR count). The van der Waals surface area contributed by atoms with Gasteiger partial charge in [0.1, 0.15) is 6.26 Å². The van der Waals surface area contributed by atoms with Crippen LogP contribution in [0.1, 0.15) is 27.6 Å². The molecule has 1 N–H and O–H groups in total. The molecular weight excluding hydrogens is 517 g/mol. The number of hydrogen-bond acceptors (Lipinski definition) is 7. The number of nitrogens with zero attached hydrogens (tertiary/aromatic N) is 5. The maximum Gasteiger partial charge on any atom is 0.416 e. The molecule has 1 amide bonds. The first-order chi connectivity index (χ1) is 18.4. The molecule has 0 fully saturated rings. The molecule has 5 aromatic rings. The average Bonchev–Trinajstić information content (AvgIpc) is 3.59. The number of aromatic nitrogens is 5. The van der Waals surface area contributed by atoms with Crippen molar-refractivity contribution in [3.63, 3.8) is 0 Å². The predicted molar refractivity (Wildman–Crippen MR) is 133 cm³/mol. The highest BCUT2D eigenvalue weighted by Gasteiger charge is 2.31. The first-order valence-corrected chi connectivity index (χ1v) is 12.3. The zero-order valence-electron chi connectivity index (χ0n) is 19.6. The minimum atomic E-state index is -4.50. The van der Waals surface area contributed by atoms with E-state index in [1.807, 2.05) is 12.1 Å². The Morgan fingerprint density at radius 1 is 1.00 bits per heavy atom. The number of thioether (sulfide) groups is 1. The molecule has 192 valence electrons. The number of oxazole rings is 1. The zero-order chi connectivity index (χ0) is 26.5. The lowest BCUT2D eigenvalue weighted by atomic mass is 10.1. The van der Waals surface area contributed by atoms with E-state index < -0.39 is 17.6 Å². The molecular formula is C26H19F3N6O2S. The third-order valence-corrected chi connectivity index (χ3v) is 6.28. The van der Waals surface area contributed by atoms with Gasteiger partial charge in [-0.2, -0.15) is 13.2 Å². The highest BCUT2D eigenvalue weighted by Crippen LogP contribution is 2.34. The summed E-state index contributed by atoms with van der Waals surface area (Å²) in [6.07, 6.45) is -1.62. The van der Waals surface area contributed by atoms with Crippen LogP contribution in [0, 0.1) is 0 Å². The van der Waals surface area contributed by atoms with E-state index in [9.17, 15) is 18.0 Å². The van der Waals surface area contributed by atoms with E-state index in [0.717, 1.165) is 12.1 Å². The summed E-state index contributed by atoms with van der Waals surface area (Å²) in [5, 5.41) is 11.5. The molecule has 3 aromatic heterocycles. The Morgan fingerprint density at radius 2 is 1.82 bits per heavy atom. The van der Waals surface area contributed by atoms with Gasteiger partial charge in [-0.1, -0.05) is 54.2 Å².